The number of nitrogens with zero attached hydrogens (tertiary/aromatic N) is 1. The summed E-state index contributed by atoms with van der Waals surface area (Å²) in [5.74, 6) is 1.32. The lowest BCUT2D eigenvalue weighted by Gasteiger charge is -2.06. The van der Waals surface area contributed by atoms with Gasteiger partial charge in [-0.3, -0.25) is 0 Å². The van der Waals surface area contributed by atoms with E-state index in [2.05, 4.69) is 31.2 Å². The van der Waals surface area contributed by atoms with E-state index in [1.807, 2.05) is 6.07 Å². The summed E-state index contributed by atoms with van der Waals surface area (Å²) in [6.07, 6.45) is 1.12. The van der Waals surface area contributed by atoms with E-state index in [0.717, 1.165) is 37.6 Å². The van der Waals surface area contributed by atoms with Crippen molar-refractivity contribution in [3.05, 3.63) is 17.5 Å². The fourth-order valence-corrected chi connectivity index (χ4v) is 1.51. The molecule has 0 atom stereocenters. The fourth-order valence-electron chi connectivity index (χ4n) is 1.51. The van der Waals surface area contributed by atoms with E-state index < -0.39 is 0 Å². The normalized spacial score (nSPS) is 11.4. The van der Waals surface area contributed by atoms with Gasteiger partial charge < -0.3 is 19.3 Å². The molecule has 1 rings (SSSR count). The van der Waals surface area contributed by atoms with E-state index in [1.165, 1.54) is 0 Å². The van der Waals surface area contributed by atoms with Crippen LogP contribution in [0, 0.1) is 5.92 Å². The van der Waals surface area contributed by atoms with Crippen molar-refractivity contribution in [1.29, 1.82) is 0 Å². The van der Waals surface area contributed by atoms with Gasteiger partial charge in [0.1, 0.15) is 6.61 Å². The summed E-state index contributed by atoms with van der Waals surface area (Å²) in [5.41, 5.74) is 0.920. The van der Waals surface area contributed by atoms with Gasteiger partial charge >= 0.3 is 0 Å². The highest BCUT2D eigenvalue weighted by molar-refractivity contribution is 5.04. The van der Waals surface area contributed by atoms with Gasteiger partial charge in [0.05, 0.1) is 18.9 Å². The molecule has 19 heavy (non-hydrogen) atoms. The Morgan fingerprint density at radius 3 is 2.84 bits per heavy atom. The summed E-state index contributed by atoms with van der Waals surface area (Å²) in [4.78, 5) is 0. The summed E-state index contributed by atoms with van der Waals surface area (Å²) >= 11 is 0. The molecule has 1 aromatic heterocycles. The molecule has 1 N–H and O–H groups in total. The highest BCUT2D eigenvalue weighted by atomic mass is 16.5. The lowest BCUT2D eigenvalue weighted by atomic mass is 10.2. The Balaban J connectivity index is 2.06. The van der Waals surface area contributed by atoms with Crippen LogP contribution in [0.1, 0.15) is 38.6 Å². The number of hydrogen-bond donors (Lipinski definition) is 1. The summed E-state index contributed by atoms with van der Waals surface area (Å²) in [6.45, 7) is 10.6. The van der Waals surface area contributed by atoms with E-state index in [4.69, 9.17) is 14.0 Å². The number of ether oxygens (including phenoxy) is 2. The Morgan fingerprint density at radius 1 is 1.32 bits per heavy atom. The fraction of sp³-hybridized carbons (Fsp3) is 0.786. The van der Waals surface area contributed by atoms with Gasteiger partial charge in [0.25, 0.3) is 0 Å². The third-order valence-corrected chi connectivity index (χ3v) is 2.41. The van der Waals surface area contributed by atoms with Gasteiger partial charge in [-0.25, -0.2) is 0 Å². The molecule has 5 heteroatoms. The molecule has 1 aromatic rings. The van der Waals surface area contributed by atoms with E-state index in [9.17, 15) is 0 Å². The average molecular weight is 270 g/mol. The molecule has 0 aliphatic heterocycles. The summed E-state index contributed by atoms with van der Waals surface area (Å²) in [7, 11) is 0. The van der Waals surface area contributed by atoms with Crippen molar-refractivity contribution >= 4 is 0 Å². The van der Waals surface area contributed by atoms with Crippen LogP contribution >= 0.6 is 0 Å². The molecule has 0 aromatic carbocycles. The summed E-state index contributed by atoms with van der Waals surface area (Å²) in [6, 6.07) is 1.93. The third-order valence-electron chi connectivity index (χ3n) is 2.41. The first-order chi connectivity index (χ1) is 9.22. The molecule has 0 spiro atoms. The predicted molar refractivity (Wildman–Crippen MR) is 73.8 cm³/mol. The zero-order chi connectivity index (χ0) is 13.9. The molecule has 0 saturated carbocycles. The van der Waals surface area contributed by atoms with Crippen molar-refractivity contribution in [1.82, 2.24) is 10.5 Å². The van der Waals surface area contributed by atoms with Gasteiger partial charge in [-0.05, 0) is 18.9 Å². The largest absolute Gasteiger partial charge is 0.379 e. The van der Waals surface area contributed by atoms with Crippen molar-refractivity contribution < 1.29 is 14.0 Å². The molecule has 0 aliphatic rings. The number of rotatable bonds is 11. The molecule has 0 bridgehead atoms. The van der Waals surface area contributed by atoms with Crippen LogP contribution in [-0.4, -0.2) is 31.5 Å². The average Bonchev–Trinajstić information content (AvgIpc) is 2.81. The molecular formula is C14H26N2O3. The van der Waals surface area contributed by atoms with Crippen LogP contribution in [0.2, 0.25) is 0 Å². The molecule has 0 unspecified atom stereocenters. The Labute approximate surface area is 115 Å². The quantitative estimate of drug-likeness (QED) is 0.626. The molecule has 0 saturated heterocycles. The van der Waals surface area contributed by atoms with E-state index >= 15 is 0 Å². The van der Waals surface area contributed by atoms with Crippen LogP contribution in [0.4, 0.5) is 0 Å². The first kappa shape index (κ1) is 16.1. The zero-order valence-electron chi connectivity index (χ0n) is 12.3. The molecule has 1 heterocycles. The zero-order valence-corrected chi connectivity index (χ0v) is 12.3. The van der Waals surface area contributed by atoms with Crippen LogP contribution in [0.3, 0.4) is 0 Å². The molecular weight excluding hydrogens is 244 g/mol. The minimum atomic E-state index is 0.450. The van der Waals surface area contributed by atoms with Crippen molar-refractivity contribution in [2.24, 2.45) is 5.92 Å². The smallest absolute Gasteiger partial charge is 0.162 e. The van der Waals surface area contributed by atoms with Crippen LogP contribution in [0.25, 0.3) is 0 Å². The minimum absolute atomic E-state index is 0.450. The molecule has 0 aliphatic carbocycles. The second-order valence-electron chi connectivity index (χ2n) is 4.98. The summed E-state index contributed by atoms with van der Waals surface area (Å²) in [5, 5.41) is 7.25. The number of aromatic nitrogens is 1. The monoisotopic (exact) mass is 270 g/mol. The minimum Gasteiger partial charge on any atom is -0.379 e. The first-order valence-corrected chi connectivity index (χ1v) is 7.03. The van der Waals surface area contributed by atoms with Gasteiger partial charge in [0.2, 0.25) is 0 Å². The van der Waals surface area contributed by atoms with Crippen molar-refractivity contribution in [3.8, 4) is 0 Å². The van der Waals surface area contributed by atoms with Crippen molar-refractivity contribution in [2.45, 2.75) is 40.3 Å². The maximum absolute atomic E-state index is 5.46. The Kier molecular flexibility index (Phi) is 8.45. The second-order valence-corrected chi connectivity index (χ2v) is 4.98. The van der Waals surface area contributed by atoms with E-state index in [0.29, 0.717) is 25.7 Å². The standard InChI is InChI=1S/C14H26N2O3/c1-4-5-15-9-13-8-14(19-16-13)11-18-7-6-17-10-12(2)3/h8,12,15H,4-7,9-11H2,1-3H3. The maximum atomic E-state index is 5.46. The van der Waals surface area contributed by atoms with Gasteiger partial charge in [-0.15, -0.1) is 0 Å². The third kappa shape index (κ3) is 7.97. The number of hydrogen-bond acceptors (Lipinski definition) is 5. The molecule has 5 nitrogen and oxygen atoms in total. The van der Waals surface area contributed by atoms with Crippen LogP contribution in [-0.2, 0) is 22.6 Å². The van der Waals surface area contributed by atoms with Crippen LogP contribution in [0.15, 0.2) is 10.6 Å². The Morgan fingerprint density at radius 2 is 2.11 bits per heavy atom. The highest BCUT2D eigenvalue weighted by Crippen LogP contribution is 2.05. The van der Waals surface area contributed by atoms with Crippen molar-refractivity contribution in [2.75, 3.05) is 26.4 Å². The second kappa shape index (κ2) is 9.95. The van der Waals surface area contributed by atoms with Crippen LogP contribution < -0.4 is 5.32 Å². The van der Waals surface area contributed by atoms with Crippen LogP contribution in [0.5, 0.6) is 0 Å². The van der Waals surface area contributed by atoms with Gasteiger partial charge in [0, 0.05) is 19.2 Å². The topological polar surface area (TPSA) is 56.5 Å². The molecule has 0 fully saturated rings. The van der Waals surface area contributed by atoms with Crippen molar-refractivity contribution in [3.63, 3.8) is 0 Å². The highest BCUT2D eigenvalue weighted by Gasteiger charge is 2.03. The van der Waals surface area contributed by atoms with E-state index in [-0.39, 0.29) is 0 Å². The van der Waals surface area contributed by atoms with E-state index in [1.54, 1.807) is 0 Å². The molecule has 0 amide bonds. The SMILES string of the molecule is CCCNCc1cc(COCCOCC(C)C)on1. The Bertz CT molecular complexity index is 326. The molecule has 0 radical (unpaired) electrons. The summed E-state index contributed by atoms with van der Waals surface area (Å²) < 4.78 is 16.1. The molecule has 110 valence electrons. The van der Waals surface area contributed by atoms with Gasteiger partial charge in [-0.1, -0.05) is 25.9 Å². The van der Waals surface area contributed by atoms with Gasteiger partial charge in [-0.2, -0.15) is 0 Å². The van der Waals surface area contributed by atoms with Gasteiger partial charge in [0.15, 0.2) is 5.76 Å². The lowest BCUT2D eigenvalue weighted by Crippen LogP contribution is -2.13. The first-order valence-electron chi connectivity index (χ1n) is 7.03. The lowest BCUT2D eigenvalue weighted by molar-refractivity contribution is 0.0250. The maximum Gasteiger partial charge on any atom is 0.162 e. The number of nitrogens with one attached hydrogen (secondary N) is 1. The predicted octanol–water partition coefficient (Wildman–Crippen LogP) is 2.36. The Hall–Kier alpha value is -0.910.